The Hall–Kier alpha value is -1.10. The van der Waals surface area contributed by atoms with Gasteiger partial charge in [-0.3, -0.25) is 9.59 Å². The van der Waals surface area contributed by atoms with Gasteiger partial charge in [0, 0.05) is 31.0 Å². The van der Waals surface area contributed by atoms with Crippen LogP contribution in [-0.2, 0) is 9.59 Å². The number of nitrogens with one attached hydrogen (secondary N) is 2. The number of carbonyl (C=O) groups excluding carboxylic acids is 2. The zero-order valence-corrected chi connectivity index (χ0v) is 14.1. The number of aliphatic hydroxyl groups excluding tert-OH is 1. The van der Waals surface area contributed by atoms with E-state index in [4.69, 9.17) is 5.11 Å². The number of hydrogen-bond donors (Lipinski definition) is 3. The van der Waals surface area contributed by atoms with E-state index in [9.17, 15) is 9.59 Å². The Bertz CT molecular complexity index is 428. The van der Waals surface area contributed by atoms with E-state index in [0.29, 0.717) is 19.4 Å². The molecule has 1 atom stereocenters. The Labute approximate surface area is 138 Å². The van der Waals surface area contributed by atoms with Gasteiger partial charge in [-0.05, 0) is 69.6 Å². The molecule has 0 heterocycles. The Morgan fingerprint density at radius 1 is 1.13 bits per heavy atom. The molecule has 0 radical (unpaired) electrons. The van der Waals surface area contributed by atoms with Crippen molar-refractivity contribution in [2.24, 2.45) is 23.2 Å². The second kappa shape index (κ2) is 6.80. The number of amides is 2. The van der Waals surface area contributed by atoms with Crippen LogP contribution in [0.3, 0.4) is 0 Å². The lowest BCUT2D eigenvalue weighted by atomic mass is 9.49. The molecule has 5 nitrogen and oxygen atoms in total. The van der Waals surface area contributed by atoms with Gasteiger partial charge in [0.1, 0.15) is 0 Å². The third kappa shape index (κ3) is 3.70. The predicted octanol–water partition coefficient (Wildman–Crippen LogP) is 1.60. The van der Waals surface area contributed by atoms with Gasteiger partial charge < -0.3 is 15.7 Å². The van der Waals surface area contributed by atoms with Gasteiger partial charge in [-0.2, -0.15) is 0 Å². The zero-order valence-electron chi connectivity index (χ0n) is 14.1. The van der Waals surface area contributed by atoms with Crippen molar-refractivity contribution in [3.8, 4) is 0 Å². The molecule has 4 aliphatic carbocycles. The van der Waals surface area contributed by atoms with E-state index in [2.05, 4.69) is 10.6 Å². The van der Waals surface area contributed by atoms with E-state index in [1.54, 1.807) is 0 Å². The van der Waals surface area contributed by atoms with Gasteiger partial charge >= 0.3 is 0 Å². The zero-order chi connectivity index (χ0) is 16.4. The molecule has 0 unspecified atom stereocenters. The number of aliphatic hydroxyl groups is 1. The van der Waals surface area contributed by atoms with Crippen molar-refractivity contribution in [2.75, 3.05) is 13.2 Å². The summed E-state index contributed by atoms with van der Waals surface area (Å²) in [5.74, 6) is 2.41. The highest BCUT2D eigenvalue weighted by Gasteiger charge is 2.54. The van der Waals surface area contributed by atoms with Crippen LogP contribution < -0.4 is 10.6 Å². The van der Waals surface area contributed by atoms with Gasteiger partial charge in [0.25, 0.3) is 0 Å². The number of rotatable bonds is 7. The third-order valence-corrected chi connectivity index (χ3v) is 6.13. The van der Waals surface area contributed by atoms with Gasteiger partial charge in [0.2, 0.25) is 11.8 Å². The summed E-state index contributed by atoms with van der Waals surface area (Å²) in [6.45, 7) is 2.37. The Morgan fingerprint density at radius 3 is 2.22 bits per heavy atom. The SMILES string of the molecule is C[C@H](CCO)NC(=O)CCNC(=O)C12CC3CC(CC(C3)C1)C2. The lowest BCUT2D eigenvalue weighted by molar-refractivity contribution is -0.146. The molecule has 0 saturated heterocycles. The van der Waals surface area contributed by atoms with Gasteiger partial charge in [0.15, 0.2) is 0 Å². The molecule has 4 bridgehead atoms. The van der Waals surface area contributed by atoms with Crippen LogP contribution in [0.15, 0.2) is 0 Å². The topological polar surface area (TPSA) is 78.4 Å². The highest BCUT2D eigenvalue weighted by atomic mass is 16.3. The molecule has 2 amide bonds. The van der Waals surface area contributed by atoms with Gasteiger partial charge in [-0.1, -0.05) is 0 Å². The Balaban J connectivity index is 1.44. The van der Waals surface area contributed by atoms with Crippen LogP contribution in [0.4, 0.5) is 0 Å². The molecule has 23 heavy (non-hydrogen) atoms. The first-order chi connectivity index (χ1) is 11.0. The summed E-state index contributed by atoms with van der Waals surface area (Å²) in [5, 5.41) is 14.7. The van der Waals surface area contributed by atoms with Crippen molar-refractivity contribution < 1.29 is 14.7 Å². The van der Waals surface area contributed by atoms with Crippen LogP contribution in [0.1, 0.15) is 58.3 Å². The summed E-state index contributed by atoms with van der Waals surface area (Å²) >= 11 is 0. The maximum absolute atomic E-state index is 12.7. The van der Waals surface area contributed by atoms with Crippen molar-refractivity contribution in [1.29, 1.82) is 0 Å². The van der Waals surface area contributed by atoms with Crippen LogP contribution in [0, 0.1) is 23.2 Å². The maximum atomic E-state index is 12.7. The molecule has 4 rings (SSSR count). The molecule has 3 N–H and O–H groups in total. The largest absolute Gasteiger partial charge is 0.396 e. The van der Waals surface area contributed by atoms with E-state index in [0.717, 1.165) is 37.0 Å². The summed E-state index contributed by atoms with van der Waals surface area (Å²) in [4.78, 5) is 24.5. The minimum atomic E-state index is -0.130. The first-order valence-electron chi connectivity index (χ1n) is 9.19. The summed E-state index contributed by atoms with van der Waals surface area (Å²) in [6, 6.07) is -0.0219. The minimum absolute atomic E-state index is 0.0219. The van der Waals surface area contributed by atoms with Gasteiger partial charge in [-0.25, -0.2) is 0 Å². The fraction of sp³-hybridized carbons (Fsp3) is 0.889. The molecule has 130 valence electrons. The summed E-state index contributed by atoms with van der Waals surface area (Å²) in [7, 11) is 0. The minimum Gasteiger partial charge on any atom is -0.396 e. The molecule has 0 aliphatic heterocycles. The highest BCUT2D eigenvalue weighted by Crippen LogP contribution is 2.60. The molecule has 4 aliphatic rings. The summed E-state index contributed by atoms with van der Waals surface area (Å²) in [6.07, 6.45) is 8.05. The van der Waals surface area contributed by atoms with Crippen molar-refractivity contribution in [3.63, 3.8) is 0 Å². The smallest absolute Gasteiger partial charge is 0.226 e. The van der Waals surface area contributed by atoms with Crippen LogP contribution in [0.25, 0.3) is 0 Å². The maximum Gasteiger partial charge on any atom is 0.226 e. The van der Waals surface area contributed by atoms with Crippen molar-refractivity contribution in [1.82, 2.24) is 10.6 Å². The third-order valence-electron chi connectivity index (χ3n) is 6.13. The average molecular weight is 322 g/mol. The molecular weight excluding hydrogens is 292 g/mol. The molecule has 0 aromatic rings. The first-order valence-corrected chi connectivity index (χ1v) is 9.19. The second-order valence-electron chi connectivity index (χ2n) is 8.18. The Morgan fingerprint density at radius 2 is 1.70 bits per heavy atom. The van der Waals surface area contributed by atoms with E-state index < -0.39 is 0 Å². The summed E-state index contributed by atoms with van der Waals surface area (Å²) in [5.41, 5.74) is -0.130. The molecular formula is C18H30N2O3. The number of hydrogen-bond acceptors (Lipinski definition) is 3. The van der Waals surface area contributed by atoms with Gasteiger partial charge in [0.05, 0.1) is 0 Å². The lowest BCUT2D eigenvalue weighted by Gasteiger charge is -2.55. The molecule has 0 spiro atoms. The molecule has 0 aromatic carbocycles. The molecule has 4 fully saturated rings. The van der Waals surface area contributed by atoms with Crippen LogP contribution in [0.2, 0.25) is 0 Å². The van der Waals surface area contributed by atoms with E-state index >= 15 is 0 Å². The Kier molecular flexibility index (Phi) is 4.95. The van der Waals surface area contributed by atoms with Crippen molar-refractivity contribution >= 4 is 11.8 Å². The standard InChI is InChI=1S/C18H30N2O3/c1-12(3-5-21)20-16(22)2-4-19-17(23)18-9-13-6-14(10-18)8-15(7-13)11-18/h12-15,21H,2-11H2,1H3,(H,19,23)(H,20,22)/t12-,13?,14?,15?,18?/m1/s1. The fourth-order valence-electron chi connectivity index (χ4n) is 5.48. The molecule has 0 aromatic heterocycles. The lowest BCUT2D eigenvalue weighted by Crippen LogP contribution is -2.53. The predicted molar refractivity (Wildman–Crippen MR) is 87.5 cm³/mol. The molecule has 5 heteroatoms. The highest BCUT2D eigenvalue weighted by molar-refractivity contribution is 5.84. The normalized spacial score (nSPS) is 35.8. The fourth-order valence-corrected chi connectivity index (χ4v) is 5.48. The quantitative estimate of drug-likeness (QED) is 0.666. The second-order valence-corrected chi connectivity index (χ2v) is 8.18. The van der Waals surface area contributed by atoms with E-state index in [1.807, 2.05) is 6.92 Å². The first kappa shape index (κ1) is 16.7. The van der Waals surface area contributed by atoms with E-state index in [-0.39, 0.29) is 29.9 Å². The molecule has 4 saturated carbocycles. The van der Waals surface area contributed by atoms with Crippen LogP contribution >= 0.6 is 0 Å². The van der Waals surface area contributed by atoms with Crippen molar-refractivity contribution in [3.05, 3.63) is 0 Å². The average Bonchev–Trinajstić information content (AvgIpc) is 2.45. The monoisotopic (exact) mass is 322 g/mol. The number of carbonyl (C=O) groups is 2. The van der Waals surface area contributed by atoms with Crippen LogP contribution in [-0.4, -0.2) is 36.1 Å². The van der Waals surface area contributed by atoms with E-state index in [1.165, 1.54) is 19.3 Å². The summed E-state index contributed by atoms with van der Waals surface area (Å²) < 4.78 is 0. The van der Waals surface area contributed by atoms with Crippen LogP contribution in [0.5, 0.6) is 0 Å². The van der Waals surface area contributed by atoms with Crippen molar-refractivity contribution in [2.45, 2.75) is 64.3 Å². The van der Waals surface area contributed by atoms with Gasteiger partial charge in [-0.15, -0.1) is 0 Å².